The van der Waals surface area contributed by atoms with Gasteiger partial charge in [0.2, 0.25) is 6.40 Å². The molecule has 7 heteroatoms. The lowest BCUT2D eigenvalue weighted by Crippen LogP contribution is -2.33. The van der Waals surface area contributed by atoms with Crippen LogP contribution in [0.15, 0.2) is 4.99 Å². The lowest BCUT2D eigenvalue weighted by molar-refractivity contribution is -0.188. The van der Waals surface area contributed by atoms with E-state index < -0.39 is 18.1 Å². The normalized spacial score (nSPS) is 14.3. The summed E-state index contributed by atoms with van der Waals surface area (Å²) in [6.45, 7) is 2.42. The van der Waals surface area contributed by atoms with Gasteiger partial charge in [0.1, 0.15) is 0 Å². The van der Waals surface area contributed by atoms with E-state index >= 15 is 0 Å². The molecule has 0 fully saturated rings. The van der Waals surface area contributed by atoms with E-state index in [0.717, 1.165) is 6.40 Å². The van der Waals surface area contributed by atoms with Gasteiger partial charge in [-0.05, 0) is 6.54 Å². The maximum atomic E-state index is 10.8. The van der Waals surface area contributed by atoms with Crippen LogP contribution in [0.2, 0.25) is 0 Å². The SMILES string of the molecule is CCNC(C#N)C[C@H](N=COOC)C(=O)O. The highest BCUT2D eigenvalue weighted by Gasteiger charge is 2.20. The van der Waals surface area contributed by atoms with Gasteiger partial charge in [-0.2, -0.15) is 10.1 Å². The molecule has 16 heavy (non-hydrogen) atoms. The highest BCUT2D eigenvalue weighted by molar-refractivity contribution is 5.75. The van der Waals surface area contributed by atoms with Crippen molar-refractivity contribution in [1.29, 1.82) is 5.26 Å². The van der Waals surface area contributed by atoms with Crippen LogP contribution in [0.1, 0.15) is 13.3 Å². The third-order valence-corrected chi connectivity index (χ3v) is 1.73. The predicted molar refractivity (Wildman–Crippen MR) is 55.7 cm³/mol. The van der Waals surface area contributed by atoms with Gasteiger partial charge in [0.05, 0.1) is 19.2 Å². The van der Waals surface area contributed by atoms with Crippen LogP contribution in [0.4, 0.5) is 0 Å². The van der Waals surface area contributed by atoms with Gasteiger partial charge in [-0.1, -0.05) is 6.92 Å². The summed E-state index contributed by atoms with van der Waals surface area (Å²) in [6, 6.07) is 0.379. The molecule has 0 radical (unpaired) electrons. The highest BCUT2D eigenvalue weighted by Crippen LogP contribution is 2.02. The second-order valence-electron chi connectivity index (χ2n) is 2.85. The summed E-state index contributed by atoms with van der Waals surface area (Å²) < 4.78 is 0. The van der Waals surface area contributed by atoms with E-state index in [2.05, 4.69) is 20.1 Å². The lowest BCUT2D eigenvalue weighted by Gasteiger charge is -2.12. The Hall–Kier alpha value is -1.65. The minimum atomic E-state index is -1.12. The number of aliphatic carboxylic acids is 1. The Morgan fingerprint density at radius 1 is 1.75 bits per heavy atom. The van der Waals surface area contributed by atoms with E-state index in [0.29, 0.717) is 6.54 Å². The zero-order valence-electron chi connectivity index (χ0n) is 9.21. The van der Waals surface area contributed by atoms with Gasteiger partial charge in [-0.25, -0.2) is 9.79 Å². The first-order chi connectivity index (χ1) is 7.65. The van der Waals surface area contributed by atoms with Crippen molar-refractivity contribution in [2.24, 2.45) is 4.99 Å². The quantitative estimate of drug-likeness (QED) is 0.261. The Kier molecular flexibility index (Phi) is 7.75. The maximum absolute atomic E-state index is 10.8. The van der Waals surface area contributed by atoms with Crippen molar-refractivity contribution in [2.75, 3.05) is 13.7 Å². The molecule has 7 nitrogen and oxygen atoms in total. The molecule has 0 spiro atoms. The van der Waals surface area contributed by atoms with Crippen molar-refractivity contribution in [3.63, 3.8) is 0 Å². The summed E-state index contributed by atoms with van der Waals surface area (Å²) in [6.07, 6.45) is 0.975. The minimum absolute atomic E-state index is 0.0727. The van der Waals surface area contributed by atoms with E-state index in [-0.39, 0.29) is 6.42 Å². The first kappa shape index (κ1) is 14.3. The van der Waals surface area contributed by atoms with E-state index in [1.165, 1.54) is 7.11 Å². The molecule has 0 aliphatic rings. The molecule has 2 N–H and O–H groups in total. The van der Waals surface area contributed by atoms with Crippen molar-refractivity contribution >= 4 is 12.4 Å². The number of rotatable bonds is 8. The zero-order chi connectivity index (χ0) is 12.4. The molecule has 0 rings (SSSR count). The Labute approximate surface area is 93.6 Å². The van der Waals surface area contributed by atoms with Crippen LogP contribution in [-0.4, -0.2) is 43.2 Å². The first-order valence-corrected chi connectivity index (χ1v) is 4.72. The number of nitriles is 1. The number of nitrogens with one attached hydrogen (secondary N) is 1. The molecule has 0 saturated heterocycles. The molecule has 0 bridgehead atoms. The van der Waals surface area contributed by atoms with Crippen molar-refractivity contribution in [3.8, 4) is 6.07 Å². The van der Waals surface area contributed by atoms with Crippen LogP contribution in [0.3, 0.4) is 0 Å². The Morgan fingerprint density at radius 3 is 2.88 bits per heavy atom. The van der Waals surface area contributed by atoms with Crippen LogP contribution in [0.5, 0.6) is 0 Å². The molecule has 0 aromatic carbocycles. The fourth-order valence-electron chi connectivity index (χ4n) is 1.02. The molecule has 0 aliphatic carbocycles. The Bertz CT molecular complexity index is 274. The third-order valence-electron chi connectivity index (χ3n) is 1.73. The van der Waals surface area contributed by atoms with Gasteiger partial charge in [0.25, 0.3) is 0 Å². The molecule has 0 aliphatic heterocycles. The van der Waals surface area contributed by atoms with Gasteiger partial charge in [0, 0.05) is 6.42 Å². The molecule has 0 amide bonds. The van der Waals surface area contributed by atoms with Crippen LogP contribution >= 0.6 is 0 Å². The molecule has 0 saturated carbocycles. The van der Waals surface area contributed by atoms with E-state index in [1.54, 1.807) is 0 Å². The second kappa shape index (κ2) is 8.64. The fraction of sp³-hybridized carbons (Fsp3) is 0.667. The monoisotopic (exact) mass is 229 g/mol. The zero-order valence-corrected chi connectivity index (χ0v) is 9.21. The molecule has 2 atom stereocenters. The fourth-order valence-corrected chi connectivity index (χ4v) is 1.02. The predicted octanol–water partition coefficient (Wildman–Crippen LogP) is -0.0623. The van der Waals surface area contributed by atoms with Gasteiger partial charge in [-0.15, -0.1) is 0 Å². The largest absolute Gasteiger partial charge is 0.480 e. The summed E-state index contributed by atoms with van der Waals surface area (Å²) in [5.41, 5.74) is 0. The van der Waals surface area contributed by atoms with Crippen LogP contribution in [-0.2, 0) is 14.6 Å². The van der Waals surface area contributed by atoms with Gasteiger partial charge in [0.15, 0.2) is 6.04 Å². The van der Waals surface area contributed by atoms with Crippen molar-refractivity contribution in [2.45, 2.75) is 25.4 Å². The number of carbonyl (C=O) groups is 1. The Balaban J connectivity index is 4.32. The summed E-state index contributed by atoms with van der Waals surface area (Å²) >= 11 is 0. The van der Waals surface area contributed by atoms with Crippen molar-refractivity contribution in [3.05, 3.63) is 0 Å². The average molecular weight is 229 g/mol. The first-order valence-electron chi connectivity index (χ1n) is 4.72. The highest BCUT2D eigenvalue weighted by atomic mass is 17.2. The number of hydrogen-bond donors (Lipinski definition) is 2. The standard InChI is InChI=1S/C9H15N3O4/c1-3-11-7(5-10)4-8(9(13)14)12-6-16-15-2/h6-8,11H,3-4H2,1-2H3,(H,13,14)/t7?,8-/m0/s1. The molecule has 0 heterocycles. The Morgan fingerprint density at radius 2 is 2.44 bits per heavy atom. The number of aliphatic imine (C=N–C) groups is 1. The summed E-state index contributed by atoms with van der Waals surface area (Å²) in [7, 11) is 1.28. The summed E-state index contributed by atoms with van der Waals surface area (Å²) in [4.78, 5) is 23.0. The van der Waals surface area contributed by atoms with E-state index in [4.69, 9.17) is 10.4 Å². The maximum Gasteiger partial charge on any atom is 0.328 e. The molecule has 1 unspecified atom stereocenters. The van der Waals surface area contributed by atoms with E-state index in [1.807, 2.05) is 13.0 Å². The molecular weight excluding hydrogens is 214 g/mol. The topological polar surface area (TPSA) is 104 Å². The number of carboxylic acid groups (broad SMARTS) is 1. The molecule has 0 aromatic rings. The van der Waals surface area contributed by atoms with Crippen LogP contribution in [0, 0.1) is 11.3 Å². The van der Waals surface area contributed by atoms with Gasteiger partial charge in [-0.3, -0.25) is 0 Å². The lowest BCUT2D eigenvalue weighted by atomic mass is 10.1. The summed E-state index contributed by atoms with van der Waals surface area (Å²) in [5, 5.41) is 20.4. The summed E-state index contributed by atoms with van der Waals surface area (Å²) in [5.74, 6) is -1.12. The van der Waals surface area contributed by atoms with Crippen LogP contribution < -0.4 is 5.32 Å². The van der Waals surface area contributed by atoms with Crippen molar-refractivity contribution in [1.82, 2.24) is 5.32 Å². The number of nitrogens with zero attached hydrogens (tertiary/aromatic N) is 2. The van der Waals surface area contributed by atoms with Crippen LogP contribution in [0.25, 0.3) is 0 Å². The number of hydrogen-bond acceptors (Lipinski definition) is 6. The average Bonchev–Trinajstić information content (AvgIpc) is 2.26. The van der Waals surface area contributed by atoms with Gasteiger partial charge >= 0.3 is 5.97 Å². The van der Waals surface area contributed by atoms with Crippen molar-refractivity contribution < 1.29 is 19.7 Å². The molecule has 0 aromatic heterocycles. The molecule has 90 valence electrons. The van der Waals surface area contributed by atoms with E-state index in [9.17, 15) is 4.79 Å². The molecular formula is C9H15N3O4. The second-order valence-corrected chi connectivity index (χ2v) is 2.85. The van der Waals surface area contributed by atoms with Gasteiger partial charge < -0.3 is 15.3 Å². The number of carboxylic acids is 1. The smallest absolute Gasteiger partial charge is 0.328 e. The minimum Gasteiger partial charge on any atom is -0.480 e. The third kappa shape index (κ3) is 5.95.